The summed E-state index contributed by atoms with van der Waals surface area (Å²) in [4.78, 5) is 0. The molecule has 1 heterocycles. The summed E-state index contributed by atoms with van der Waals surface area (Å²) >= 11 is 0. The van der Waals surface area contributed by atoms with E-state index in [9.17, 15) is 5.11 Å². The summed E-state index contributed by atoms with van der Waals surface area (Å²) in [6.45, 7) is 0.667. The lowest BCUT2D eigenvalue weighted by atomic mass is 9.97. The van der Waals surface area contributed by atoms with Crippen LogP contribution in [0.25, 0.3) is 0 Å². The Morgan fingerprint density at radius 1 is 1.25 bits per heavy atom. The number of rotatable bonds is 1. The van der Waals surface area contributed by atoms with Crippen molar-refractivity contribution in [1.82, 2.24) is 0 Å². The van der Waals surface area contributed by atoms with Crippen LogP contribution in [-0.4, -0.2) is 18.0 Å². The van der Waals surface area contributed by atoms with Gasteiger partial charge in [0.1, 0.15) is 0 Å². The lowest BCUT2D eigenvalue weighted by Gasteiger charge is -2.12. The molecule has 0 spiro atoms. The van der Waals surface area contributed by atoms with Crippen LogP contribution in [0.3, 0.4) is 0 Å². The summed E-state index contributed by atoms with van der Waals surface area (Å²) in [6, 6.07) is 10.0. The third-order valence-corrected chi connectivity index (χ3v) is 2.29. The molecule has 0 aliphatic carbocycles. The van der Waals surface area contributed by atoms with E-state index >= 15 is 0 Å². The maximum Gasteiger partial charge on any atom is 0.161 e. The third kappa shape index (κ3) is 1.36. The molecule has 0 saturated carbocycles. The zero-order valence-corrected chi connectivity index (χ0v) is 6.81. The van der Waals surface area contributed by atoms with Crippen LogP contribution in [0, 0.1) is 0 Å². The van der Waals surface area contributed by atoms with Crippen LogP contribution >= 0.6 is 0 Å². The van der Waals surface area contributed by atoms with Crippen LogP contribution < -0.4 is 0 Å². The molecule has 0 unspecified atom stereocenters. The number of hydrogen-bond donors (Lipinski definition) is 1. The zero-order chi connectivity index (χ0) is 8.39. The molecule has 1 N–H and O–H groups in total. The normalized spacial score (nSPS) is 29.1. The zero-order valence-electron chi connectivity index (χ0n) is 6.81. The number of ether oxygens (including phenoxy) is 1. The highest BCUT2D eigenvalue weighted by Gasteiger charge is 2.26. The van der Waals surface area contributed by atoms with E-state index in [1.807, 2.05) is 30.3 Å². The van der Waals surface area contributed by atoms with Crippen molar-refractivity contribution in [2.45, 2.75) is 18.6 Å². The second-order valence-electron chi connectivity index (χ2n) is 3.07. The quantitative estimate of drug-likeness (QED) is 0.681. The molecule has 2 nitrogen and oxygen atoms in total. The molecular formula is C10H12O2. The Kier molecular flexibility index (Phi) is 2.11. The Hall–Kier alpha value is -0.860. The van der Waals surface area contributed by atoms with Gasteiger partial charge >= 0.3 is 0 Å². The van der Waals surface area contributed by atoms with Crippen molar-refractivity contribution in [1.29, 1.82) is 0 Å². The molecule has 0 bridgehead atoms. The van der Waals surface area contributed by atoms with Gasteiger partial charge in [-0.05, 0) is 12.0 Å². The van der Waals surface area contributed by atoms with Crippen molar-refractivity contribution in [2.24, 2.45) is 0 Å². The van der Waals surface area contributed by atoms with Gasteiger partial charge in [0.25, 0.3) is 0 Å². The first-order valence-corrected chi connectivity index (χ1v) is 4.22. The van der Waals surface area contributed by atoms with Crippen molar-refractivity contribution in [3.05, 3.63) is 35.9 Å². The van der Waals surface area contributed by atoms with Crippen LogP contribution in [0.15, 0.2) is 30.3 Å². The first-order valence-electron chi connectivity index (χ1n) is 4.22. The van der Waals surface area contributed by atoms with Crippen molar-refractivity contribution < 1.29 is 9.84 Å². The van der Waals surface area contributed by atoms with Crippen molar-refractivity contribution in [2.75, 3.05) is 6.61 Å². The van der Waals surface area contributed by atoms with Gasteiger partial charge in [-0.15, -0.1) is 0 Å². The van der Waals surface area contributed by atoms with Crippen LogP contribution in [-0.2, 0) is 4.74 Å². The highest BCUT2D eigenvalue weighted by Crippen LogP contribution is 2.29. The number of hydrogen-bond acceptors (Lipinski definition) is 2. The smallest absolute Gasteiger partial charge is 0.161 e. The summed E-state index contributed by atoms with van der Waals surface area (Å²) < 4.78 is 5.08. The Morgan fingerprint density at radius 3 is 2.58 bits per heavy atom. The molecule has 1 aromatic carbocycles. The van der Waals surface area contributed by atoms with Crippen LogP contribution in [0.5, 0.6) is 0 Å². The van der Waals surface area contributed by atoms with E-state index < -0.39 is 6.29 Å². The highest BCUT2D eigenvalue weighted by atomic mass is 16.6. The molecule has 1 fully saturated rings. The molecule has 64 valence electrons. The molecule has 0 aromatic heterocycles. The minimum Gasteiger partial charge on any atom is -0.367 e. The van der Waals surface area contributed by atoms with Crippen molar-refractivity contribution in [3.8, 4) is 0 Å². The SMILES string of the molecule is O[C@@H]1OCC[C@@H]1c1ccccc1. The van der Waals surface area contributed by atoms with Gasteiger partial charge in [0.2, 0.25) is 0 Å². The third-order valence-electron chi connectivity index (χ3n) is 2.29. The van der Waals surface area contributed by atoms with Gasteiger partial charge in [0.15, 0.2) is 6.29 Å². The van der Waals surface area contributed by atoms with Gasteiger partial charge in [-0.1, -0.05) is 30.3 Å². The fourth-order valence-corrected chi connectivity index (χ4v) is 1.61. The first kappa shape index (κ1) is 7.77. The molecule has 2 heteroatoms. The Bertz CT molecular complexity index is 245. The maximum absolute atomic E-state index is 9.42. The minimum absolute atomic E-state index is 0.172. The van der Waals surface area contributed by atoms with E-state index in [4.69, 9.17) is 4.74 Å². The Labute approximate surface area is 71.8 Å². The number of aliphatic hydroxyl groups excluding tert-OH is 1. The topological polar surface area (TPSA) is 29.5 Å². The van der Waals surface area contributed by atoms with Gasteiger partial charge in [0.05, 0.1) is 6.61 Å². The second-order valence-corrected chi connectivity index (χ2v) is 3.07. The average Bonchev–Trinajstić information content (AvgIpc) is 2.53. The van der Waals surface area contributed by atoms with Crippen molar-refractivity contribution in [3.63, 3.8) is 0 Å². The molecule has 12 heavy (non-hydrogen) atoms. The van der Waals surface area contributed by atoms with Crippen LogP contribution in [0.2, 0.25) is 0 Å². The van der Waals surface area contributed by atoms with Crippen LogP contribution in [0.4, 0.5) is 0 Å². The summed E-state index contributed by atoms with van der Waals surface area (Å²) in [5.41, 5.74) is 1.17. The molecule has 1 saturated heterocycles. The van der Waals surface area contributed by atoms with E-state index in [0.717, 1.165) is 6.42 Å². The largest absolute Gasteiger partial charge is 0.367 e. The number of aliphatic hydroxyl groups is 1. The summed E-state index contributed by atoms with van der Waals surface area (Å²) in [5.74, 6) is 0.172. The van der Waals surface area contributed by atoms with Crippen molar-refractivity contribution >= 4 is 0 Å². The molecule has 2 atom stereocenters. The predicted molar refractivity (Wildman–Crippen MR) is 45.8 cm³/mol. The molecule has 1 aliphatic rings. The molecule has 1 aliphatic heterocycles. The minimum atomic E-state index is -0.604. The predicted octanol–water partition coefficient (Wildman–Crippen LogP) is 1.51. The van der Waals surface area contributed by atoms with E-state index in [1.54, 1.807) is 0 Å². The lowest BCUT2D eigenvalue weighted by molar-refractivity contribution is -0.0678. The lowest BCUT2D eigenvalue weighted by Crippen LogP contribution is -2.12. The van der Waals surface area contributed by atoms with Gasteiger partial charge in [0, 0.05) is 5.92 Å². The number of benzene rings is 1. The van der Waals surface area contributed by atoms with E-state index in [-0.39, 0.29) is 5.92 Å². The molecule has 0 amide bonds. The van der Waals surface area contributed by atoms with Crippen LogP contribution in [0.1, 0.15) is 17.9 Å². The van der Waals surface area contributed by atoms with Gasteiger partial charge in [-0.25, -0.2) is 0 Å². The standard InChI is InChI=1S/C10H12O2/c11-10-9(6-7-12-10)8-4-2-1-3-5-8/h1-5,9-11H,6-7H2/t9-,10-/m1/s1. The Balaban J connectivity index is 2.19. The molecule has 1 aromatic rings. The highest BCUT2D eigenvalue weighted by molar-refractivity contribution is 5.20. The summed E-state index contributed by atoms with van der Waals surface area (Å²) in [5, 5.41) is 9.42. The monoisotopic (exact) mass is 164 g/mol. The molecule has 2 rings (SSSR count). The molecule has 0 radical (unpaired) electrons. The first-order chi connectivity index (χ1) is 5.88. The second kappa shape index (κ2) is 3.25. The summed E-state index contributed by atoms with van der Waals surface area (Å²) in [7, 11) is 0. The summed E-state index contributed by atoms with van der Waals surface area (Å²) in [6.07, 6.45) is 0.318. The van der Waals surface area contributed by atoms with Gasteiger partial charge in [-0.3, -0.25) is 0 Å². The average molecular weight is 164 g/mol. The fraction of sp³-hybridized carbons (Fsp3) is 0.400. The Morgan fingerprint density at radius 2 is 2.00 bits per heavy atom. The maximum atomic E-state index is 9.42. The van der Waals surface area contributed by atoms with E-state index in [1.165, 1.54) is 5.56 Å². The van der Waals surface area contributed by atoms with E-state index in [0.29, 0.717) is 6.61 Å². The van der Waals surface area contributed by atoms with E-state index in [2.05, 4.69) is 0 Å². The van der Waals surface area contributed by atoms with Gasteiger partial charge in [-0.2, -0.15) is 0 Å². The molecular weight excluding hydrogens is 152 g/mol. The fourth-order valence-electron chi connectivity index (χ4n) is 1.61. The van der Waals surface area contributed by atoms with Gasteiger partial charge < -0.3 is 9.84 Å².